The molecule has 0 fully saturated rings. The monoisotopic (exact) mass is 303 g/mol. The summed E-state index contributed by atoms with van der Waals surface area (Å²) in [5, 5.41) is 2.42. The largest absolute Gasteiger partial charge is 0.340 e. The van der Waals surface area contributed by atoms with E-state index >= 15 is 0 Å². The number of fused-ring (bicyclic) bond motifs is 3. The zero-order valence-electron chi connectivity index (χ0n) is 11.6. The second-order valence-electron chi connectivity index (χ2n) is 5.18. The first-order valence-electron chi connectivity index (χ1n) is 6.97. The molecule has 0 aliphatic heterocycles. The number of benzene rings is 2. The molecule has 21 heavy (non-hydrogen) atoms. The van der Waals surface area contributed by atoms with Crippen LogP contribution in [0, 0.1) is 0 Å². The molecule has 1 heterocycles. The Bertz CT molecular complexity index is 828. The molecular formula is C16H17NO3S. The Labute approximate surface area is 123 Å². The molecule has 0 saturated carbocycles. The lowest BCUT2D eigenvalue weighted by Gasteiger charge is -2.06. The Morgan fingerprint density at radius 2 is 1.38 bits per heavy atom. The van der Waals surface area contributed by atoms with Crippen LogP contribution in [0.25, 0.3) is 21.8 Å². The molecule has 0 saturated heterocycles. The predicted molar refractivity (Wildman–Crippen MR) is 85.1 cm³/mol. The average molecular weight is 303 g/mol. The Balaban J connectivity index is 1.93. The molecule has 0 bridgehead atoms. The van der Waals surface area contributed by atoms with Crippen molar-refractivity contribution in [1.29, 1.82) is 0 Å². The zero-order valence-corrected chi connectivity index (χ0v) is 12.4. The standard InChI is InChI=1S/C16H17NO3S/c18-21(19,20)12-6-5-11-17-15-9-3-1-7-13(15)14-8-2-4-10-16(14)17/h1-4,7-10H,5-6,11-12H2,(H,18,19,20). The number of aromatic nitrogens is 1. The fourth-order valence-electron chi connectivity index (χ4n) is 2.80. The minimum atomic E-state index is -3.86. The van der Waals surface area contributed by atoms with Crippen molar-refractivity contribution < 1.29 is 13.0 Å². The molecule has 0 aliphatic carbocycles. The van der Waals surface area contributed by atoms with Crippen LogP contribution in [0.4, 0.5) is 0 Å². The number of hydrogen-bond donors (Lipinski definition) is 1. The van der Waals surface area contributed by atoms with Crippen molar-refractivity contribution in [3.63, 3.8) is 0 Å². The van der Waals surface area contributed by atoms with E-state index < -0.39 is 10.1 Å². The highest BCUT2D eigenvalue weighted by atomic mass is 32.2. The lowest BCUT2D eigenvalue weighted by Crippen LogP contribution is -2.05. The van der Waals surface area contributed by atoms with E-state index in [1.54, 1.807) is 0 Å². The normalized spacial score (nSPS) is 12.2. The molecule has 0 spiro atoms. The van der Waals surface area contributed by atoms with E-state index in [9.17, 15) is 8.42 Å². The van der Waals surface area contributed by atoms with Crippen molar-refractivity contribution >= 4 is 31.9 Å². The number of aryl methyl sites for hydroxylation is 1. The third-order valence-corrected chi connectivity index (χ3v) is 4.52. The van der Waals surface area contributed by atoms with Crippen LogP contribution in [0.3, 0.4) is 0 Å². The van der Waals surface area contributed by atoms with Crippen LogP contribution in [0.1, 0.15) is 12.8 Å². The molecule has 5 heteroatoms. The van der Waals surface area contributed by atoms with Gasteiger partial charge in [0.25, 0.3) is 10.1 Å². The highest BCUT2D eigenvalue weighted by molar-refractivity contribution is 7.85. The number of hydrogen-bond acceptors (Lipinski definition) is 2. The van der Waals surface area contributed by atoms with Crippen molar-refractivity contribution in [3.8, 4) is 0 Å². The molecular weight excluding hydrogens is 286 g/mol. The molecule has 0 atom stereocenters. The summed E-state index contributed by atoms with van der Waals surface area (Å²) < 4.78 is 32.5. The molecule has 3 aromatic rings. The molecule has 3 rings (SSSR count). The van der Waals surface area contributed by atoms with Crippen LogP contribution in [0.2, 0.25) is 0 Å². The zero-order chi connectivity index (χ0) is 14.9. The number of unbranched alkanes of at least 4 members (excludes halogenated alkanes) is 1. The molecule has 0 unspecified atom stereocenters. The average Bonchev–Trinajstić information content (AvgIpc) is 2.77. The van der Waals surface area contributed by atoms with Crippen LogP contribution in [0.5, 0.6) is 0 Å². The van der Waals surface area contributed by atoms with E-state index in [0.29, 0.717) is 12.8 Å². The highest BCUT2D eigenvalue weighted by Crippen LogP contribution is 2.28. The van der Waals surface area contributed by atoms with E-state index in [1.807, 2.05) is 24.3 Å². The molecule has 0 aliphatic rings. The summed E-state index contributed by atoms with van der Waals surface area (Å²) in [7, 11) is -3.86. The van der Waals surface area contributed by atoms with Gasteiger partial charge in [-0.15, -0.1) is 0 Å². The Morgan fingerprint density at radius 3 is 1.90 bits per heavy atom. The van der Waals surface area contributed by atoms with E-state index in [1.165, 1.54) is 10.8 Å². The summed E-state index contributed by atoms with van der Waals surface area (Å²) in [5.41, 5.74) is 2.32. The minimum Gasteiger partial charge on any atom is -0.340 e. The first-order valence-corrected chi connectivity index (χ1v) is 8.58. The van der Waals surface area contributed by atoms with E-state index in [2.05, 4.69) is 28.8 Å². The maximum absolute atomic E-state index is 10.8. The Morgan fingerprint density at radius 1 is 0.857 bits per heavy atom. The fraction of sp³-hybridized carbons (Fsp3) is 0.250. The molecule has 2 aromatic carbocycles. The van der Waals surface area contributed by atoms with Gasteiger partial charge in [-0.1, -0.05) is 36.4 Å². The van der Waals surface area contributed by atoms with Crippen molar-refractivity contribution in [2.75, 3.05) is 5.75 Å². The van der Waals surface area contributed by atoms with E-state index in [-0.39, 0.29) is 5.75 Å². The lowest BCUT2D eigenvalue weighted by atomic mass is 10.2. The second-order valence-corrected chi connectivity index (χ2v) is 6.75. The van der Waals surface area contributed by atoms with Crippen molar-refractivity contribution in [2.45, 2.75) is 19.4 Å². The van der Waals surface area contributed by atoms with Gasteiger partial charge < -0.3 is 4.57 Å². The summed E-state index contributed by atoms with van der Waals surface area (Å²) >= 11 is 0. The first kappa shape index (κ1) is 14.1. The maximum atomic E-state index is 10.8. The molecule has 0 radical (unpaired) electrons. The van der Waals surface area contributed by atoms with Crippen LogP contribution >= 0.6 is 0 Å². The summed E-state index contributed by atoms with van der Waals surface area (Å²) in [6.45, 7) is 0.740. The Kier molecular flexibility index (Phi) is 3.69. The van der Waals surface area contributed by atoms with Crippen molar-refractivity contribution in [1.82, 2.24) is 4.57 Å². The van der Waals surface area contributed by atoms with Crippen LogP contribution < -0.4 is 0 Å². The minimum absolute atomic E-state index is 0.176. The topological polar surface area (TPSA) is 59.3 Å². The SMILES string of the molecule is O=S(=O)(O)CCCCn1c2ccccc2c2ccccc21. The second kappa shape index (κ2) is 5.50. The van der Waals surface area contributed by atoms with Gasteiger partial charge in [-0.2, -0.15) is 8.42 Å². The Hall–Kier alpha value is -1.85. The van der Waals surface area contributed by atoms with Crippen molar-refractivity contribution in [3.05, 3.63) is 48.5 Å². The van der Waals surface area contributed by atoms with Gasteiger partial charge in [0.05, 0.1) is 5.75 Å². The number of nitrogens with zero attached hydrogens (tertiary/aromatic N) is 1. The smallest absolute Gasteiger partial charge is 0.264 e. The van der Waals surface area contributed by atoms with Crippen LogP contribution in [-0.4, -0.2) is 23.3 Å². The van der Waals surface area contributed by atoms with Gasteiger partial charge in [-0.3, -0.25) is 4.55 Å². The highest BCUT2D eigenvalue weighted by Gasteiger charge is 2.10. The van der Waals surface area contributed by atoms with Gasteiger partial charge in [0.15, 0.2) is 0 Å². The van der Waals surface area contributed by atoms with E-state index in [0.717, 1.165) is 17.6 Å². The van der Waals surface area contributed by atoms with Crippen LogP contribution in [0.15, 0.2) is 48.5 Å². The predicted octanol–water partition coefficient (Wildman–Crippen LogP) is 3.46. The molecule has 110 valence electrons. The maximum Gasteiger partial charge on any atom is 0.264 e. The lowest BCUT2D eigenvalue weighted by molar-refractivity contribution is 0.479. The quantitative estimate of drug-likeness (QED) is 0.580. The summed E-state index contributed by atoms with van der Waals surface area (Å²) in [4.78, 5) is 0. The third-order valence-electron chi connectivity index (χ3n) is 3.71. The van der Waals surface area contributed by atoms with Gasteiger partial charge in [0, 0.05) is 28.4 Å². The number of para-hydroxylation sites is 2. The van der Waals surface area contributed by atoms with Crippen LogP contribution in [-0.2, 0) is 16.7 Å². The summed E-state index contributed by atoms with van der Waals surface area (Å²) in [5.74, 6) is -0.176. The van der Waals surface area contributed by atoms with Crippen molar-refractivity contribution in [2.24, 2.45) is 0 Å². The number of rotatable bonds is 5. The molecule has 1 aromatic heterocycles. The van der Waals surface area contributed by atoms with Gasteiger partial charge in [0.1, 0.15) is 0 Å². The summed E-state index contributed by atoms with van der Waals surface area (Å²) in [6.07, 6.45) is 1.17. The fourth-order valence-corrected chi connectivity index (χ4v) is 3.37. The third kappa shape index (κ3) is 2.94. The van der Waals surface area contributed by atoms with Gasteiger partial charge in [0.2, 0.25) is 0 Å². The van der Waals surface area contributed by atoms with Gasteiger partial charge >= 0.3 is 0 Å². The van der Waals surface area contributed by atoms with E-state index in [4.69, 9.17) is 4.55 Å². The van der Waals surface area contributed by atoms with Gasteiger partial charge in [-0.25, -0.2) is 0 Å². The summed E-state index contributed by atoms with van der Waals surface area (Å²) in [6, 6.07) is 16.4. The molecule has 4 nitrogen and oxygen atoms in total. The van der Waals surface area contributed by atoms with Gasteiger partial charge in [-0.05, 0) is 25.0 Å². The molecule has 1 N–H and O–H groups in total. The first-order chi connectivity index (χ1) is 10.1. The molecule has 0 amide bonds.